The average molecular weight is 288 g/mol. The molecule has 2 N–H and O–H groups in total. The Kier molecular flexibility index (Phi) is 4.15. The van der Waals surface area contributed by atoms with Gasteiger partial charge in [-0.15, -0.1) is 0 Å². The monoisotopic (exact) mass is 288 g/mol. The molecule has 0 saturated carbocycles. The number of ether oxygens (including phenoxy) is 1. The highest BCUT2D eigenvalue weighted by Gasteiger charge is 2.27. The summed E-state index contributed by atoms with van der Waals surface area (Å²) >= 11 is 0. The molecular formula is C17H24N2O2. The maximum Gasteiger partial charge on any atom is 0.260 e. The molecule has 2 atom stereocenters. The van der Waals surface area contributed by atoms with E-state index < -0.39 is 0 Å². The number of piperidine rings is 1. The lowest BCUT2D eigenvalue weighted by Gasteiger charge is -2.36. The van der Waals surface area contributed by atoms with Crippen molar-refractivity contribution in [2.24, 2.45) is 5.73 Å². The lowest BCUT2D eigenvalue weighted by Crippen LogP contribution is -2.49. The molecule has 1 heterocycles. The Morgan fingerprint density at radius 2 is 2.19 bits per heavy atom. The molecule has 21 heavy (non-hydrogen) atoms. The van der Waals surface area contributed by atoms with Crippen molar-refractivity contribution >= 4 is 5.91 Å². The lowest BCUT2D eigenvalue weighted by molar-refractivity contribution is -0.136. The molecule has 1 aliphatic carbocycles. The van der Waals surface area contributed by atoms with Gasteiger partial charge in [-0.05, 0) is 62.3 Å². The van der Waals surface area contributed by atoms with E-state index in [9.17, 15) is 4.79 Å². The number of nitrogens with two attached hydrogens (primary N) is 1. The number of amides is 1. The van der Waals surface area contributed by atoms with Gasteiger partial charge in [0.15, 0.2) is 6.61 Å². The van der Waals surface area contributed by atoms with Crippen LogP contribution in [-0.2, 0) is 17.6 Å². The second kappa shape index (κ2) is 6.06. The molecule has 1 aromatic carbocycles. The SMILES string of the molecule is CC1CC(N)CCN1C(=O)COc1ccc2c(c1)CCC2. The van der Waals surface area contributed by atoms with Crippen molar-refractivity contribution in [2.75, 3.05) is 13.2 Å². The second-order valence-electron chi connectivity index (χ2n) is 6.29. The van der Waals surface area contributed by atoms with Crippen LogP contribution >= 0.6 is 0 Å². The van der Waals surface area contributed by atoms with Gasteiger partial charge in [-0.1, -0.05) is 6.07 Å². The molecule has 0 radical (unpaired) electrons. The number of nitrogens with zero attached hydrogens (tertiary/aromatic N) is 1. The molecule has 3 rings (SSSR count). The maximum atomic E-state index is 12.3. The summed E-state index contributed by atoms with van der Waals surface area (Å²) < 4.78 is 5.70. The zero-order valence-electron chi connectivity index (χ0n) is 12.7. The van der Waals surface area contributed by atoms with Gasteiger partial charge in [0.25, 0.3) is 5.91 Å². The van der Waals surface area contributed by atoms with Crippen LogP contribution in [0.2, 0.25) is 0 Å². The van der Waals surface area contributed by atoms with Crippen molar-refractivity contribution in [1.29, 1.82) is 0 Å². The van der Waals surface area contributed by atoms with E-state index in [1.165, 1.54) is 24.0 Å². The number of benzene rings is 1. The predicted octanol–water partition coefficient (Wildman–Crippen LogP) is 1.89. The zero-order valence-corrected chi connectivity index (χ0v) is 12.7. The van der Waals surface area contributed by atoms with Crippen LogP contribution < -0.4 is 10.5 Å². The summed E-state index contributed by atoms with van der Waals surface area (Å²) in [6.07, 6.45) is 5.28. The molecule has 4 heteroatoms. The fraction of sp³-hybridized carbons (Fsp3) is 0.588. The largest absolute Gasteiger partial charge is 0.484 e. The Bertz CT molecular complexity index is 530. The molecule has 1 fully saturated rings. The summed E-state index contributed by atoms with van der Waals surface area (Å²) in [5, 5.41) is 0. The number of likely N-dealkylation sites (tertiary alicyclic amines) is 1. The van der Waals surface area contributed by atoms with Gasteiger partial charge < -0.3 is 15.4 Å². The highest BCUT2D eigenvalue weighted by Crippen LogP contribution is 2.26. The first-order valence-corrected chi connectivity index (χ1v) is 7.93. The molecule has 4 nitrogen and oxygen atoms in total. The number of hydrogen-bond donors (Lipinski definition) is 1. The van der Waals surface area contributed by atoms with E-state index >= 15 is 0 Å². The summed E-state index contributed by atoms with van der Waals surface area (Å²) in [4.78, 5) is 14.2. The van der Waals surface area contributed by atoms with Gasteiger partial charge in [0.1, 0.15) is 5.75 Å². The number of rotatable bonds is 3. The Morgan fingerprint density at radius 3 is 3.00 bits per heavy atom. The third-order valence-corrected chi connectivity index (χ3v) is 4.67. The minimum absolute atomic E-state index is 0.0647. The van der Waals surface area contributed by atoms with Crippen LogP contribution in [0.4, 0.5) is 0 Å². The fourth-order valence-electron chi connectivity index (χ4n) is 3.45. The Labute approximate surface area is 126 Å². The predicted molar refractivity (Wildman–Crippen MR) is 82.3 cm³/mol. The third-order valence-electron chi connectivity index (χ3n) is 4.67. The molecule has 0 aromatic heterocycles. The van der Waals surface area contributed by atoms with Crippen molar-refractivity contribution in [3.8, 4) is 5.75 Å². The quantitative estimate of drug-likeness (QED) is 0.924. The van der Waals surface area contributed by atoms with E-state index in [4.69, 9.17) is 10.5 Å². The first kappa shape index (κ1) is 14.4. The van der Waals surface area contributed by atoms with Crippen LogP contribution in [0.5, 0.6) is 5.75 Å². The van der Waals surface area contributed by atoms with Crippen LogP contribution in [0.3, 0.4) is 0 Å². The smallest absolute Gasteiger partial charge is 0.260 e. The van der Waals surface area contributed by atoms with Crippen molar-refractivity contribution in [2.45, 2.75) is 51.1 Å². The van der Waals surface area contributed by atoms with E-state index in [1.807, 2.05) is 11.0 Å². The Morgan fingerprint density at radius 1 is 1.38 bits per heavy atom. The molecule has 1 amide bonds. The van der Waals surface area contributed by atoms with Gasteiger partial charge in [0.2, 0.25) is 0 Å². The average Bonchev–Trinajstić information content (AvgIpc) is 2.92. The molecule has 1 aliphatic heterocycles. The van der Waals surface area contributed by atoms with Gasteiger partial charge in [-0.25, -0.2) is 0 Å². The van der Waals surface area contributed by atoms with Gasteiger partial charge >= 0.3 is 0 Å². The van der Waals surface area contributed by atoms with Crippen LogP contribution in [0.25, 0.3) is 0 Å². The molecule has 0 bridgehead atoms. The van der Waals surface area contributed by atoms with E-state index in [0.717, 1.165) is 31.6 Å². The molecule has 2 aliphatic rings. The molecule has 1 saturated heterocycles. The molecular weight excluding hydrogens is 264 g/mol. The normalized spacial score (nSPS) is 24.8. The number of hydrogen-bond acceptors (Lipinski definition) is 3. The van der Waals surface area contributed by atoms with Gasteiger partial charge in [-0.2, -0.15) is 0 Å². The molecule has 1 aromatic rings. The van der Waals surface area contributed by atoms with Crippen molar-refractivity contribution in [1.82, 2.24) is 4.90 Å². The van der Waals surface area contributed by atoms with Gasteiger partial charge in [0, 0.05) is 18.6 Å². The van der Waals surface area contributed by atoms with Gasteiger partial charge in [-0.3, -0.25) is 4.79 Å². The van der Waals surface area contributed by atoms with Crippen LogP contribution in [0.15, 0.2) is 18.2 Å². The van der Waals surface area contributed by atoms with Gasteiger partial charge in [0.05, 0.1) is 0 Å². The van der Waals surface area contributed by atoms with Crippen molar-refractivity contribution in [3.05, 3.63) is 29.3 Å². The van der Waals surface area contributed by atoms with Crippen LogP contribution in [0.1, 0.15) is 37.3 Å². The van der Waals surface area contributed by atoms with Crippen LogP contribution in [0, 0.1) is 0 Å². The lowest BCUT2D eigenvalue weighted by atomic mass is 9.99. The molecule has 2 unspecified atom stereocenters. The van der Waals surface area contributed by atoms with E-state index in [0.29, 0.717) is 0 Å². The van der Waals surface area contributed by atoms with E-state index in [2.05, 4.69) is 19.1 Å². The first-order valence-electron chi connectivity index (χ1n) is 7.93. The standard InChI is InChI=1S/C17H24N2O2/c1-12-9-15(18)7-8-19(12)17(20)11-21-16-6-5-13-3-2-4-14(13)10-16/h5-6,10,12,15H,2-4,7-9,11,18H2,1H3. The fourth-order valence-corrected chi connectivity index (χ4v) is 3.45. The summed E-state index contributed by atoms with van der Waals surface area (Å²) in [7, 11) is 0. The second-order valence-corrected chi connectivity index (χ2v) is 6.29. The topological polar surface area (TPSA) is 55.6 Å². The summed E-state index contributed by atoms with van der Waals surface area (Å²) in [6, 6.07) is 6.63. The maximum absolute atomic E-state index is 12.3. The minimum atomic E-state index is 0.0647. The van der Waals surface area contributed by atoms with E-state index in [-0.39, 0.29) is 24.6 Å². The van der Waals surface area contributed by atoms with E-state index in [1.54, 1.807) is 0 Å². The Balaban J connectivity index is 1.56. The Hall–Kier alpha value is -1.55. The summed E-state index contributed by atoms with van der Waals surface area (Å²) in [6.45, 7) is 2.93. The number of carbonyl (C=O) groups is 1. The highest BCUT2D eigenvalue weighted by molar-refractivity contribution is 5.78. The number of fused-ring (bicyclic) bond motifs is 1. The minimum Gasteiger partial charge on any atom is -0.484 e. The first-order chi connectivity index (χ1) is 10.1. The number of aryl methyl sites for hydroxylation is 2. The molecule has 0 spiro atoms. The highest BCUT2D eigenvalue weighted by atomic mass is 16.5. The molecule has 114 valence electrons. The van der Waals surface area contributed by atoms with Crippen LogP contribution in [-0.4, -0.2) is 36.0 Å². The van der Waals surface area contributed by atoms with Crippen molar-refractivity contribution < 1.29 is 9.53 Å². The zero-order chi connectivity index (χ0) is 14.8. The summed E-state index contributed by atoms with van der Waals surface area (Å²) in [5.74, 6) is 0.875. The number of carbonyl (C=O) groups excluding carboxylic acids is 1. The third kappa shape index (κ3) is 3.21. The summed E-state index contributed by atoms with van der Waals surface area (Å²) in [5.41, 5.74) is 8.73. The van der Waals surface area contributed by atoms with Crippen molar-refractivity contribution in [3.63, 3.8) is 0 Å².